The number of hydrogen-bond donors (Lipinski definition) is 2. The Bertz CT molecular complexity index is 509. The van der Waals surface area contributed by atoms with Gasteiger partial charge < -0.3 is 4.42 Å². The lowest BCUT2D eigenvalue weighted by Crippen LogP contribution is -2.40. The number of carbonyl (C=O) groups is 1. The zero-order chi connectivity index (χ0) is 12.1. The van der Waals surface area contributed by atoms with Crippen LogP contribution in [0.4, 0.5) is 0 Å². The van der Waals surface area contributed by atoms with Gasteiger partial charge in [-0.2, -0.15) is 0 Å². The minimum Gasteiger partial charge on any atom is -0.459 e. The van der Waals surface area contributed by atoms with Gasteiger partial charge >= 0.3 is 5.91 Å². The van der Waals surface area contributed by atoms with Crippen molar-refractivity contribution in [3.05, 3.63) is 60.1 Å². The quantitative estimate of drug-likeness (QED) is 0.627. The highest BCUT2D eigenvalue weighted by molar-refractivity contribution is 7.80. The maximum absolute atomic E-state index is 11.5. The normalized spacial score (nSPS) is 9.65. The molecule has 0 unspecified atom stereocenters. The van der Waals surface area contributed by atoms with Crippen LogP contribution in [-0.2, 0) is 0 Å². The number of nitrogens with one attached hydrogen (secondary N) is 2. The summed E-state index contributed by atoms with van der Waals surface area (Å²) in [4.78, 5) is 12.0. The molecule has 1 aromatic heterocycles. The monoisotopic (exact) mass is 246 g/mol. The summed E-state index contributed by atoms with van der Waals surface area (Å²) in [5, 5.41) is 0. The van der Waals surface area contributed by atoms with E-state index in [0.717, 1.165) is 5.56 Å². The van der Waals surface area contributed by atoms with Crippen molar-refractivity contribution in [2.75, 3.05) is 0 Å². The van der Waals surface area contributed by atoms with Gasteiger partial charge in [-0.25, -0.2) is 0 Å². The Morgan fingerprint density at radius 1 is 1.06 bits per heavy atom. The number of hydrazine groups is 1. The number of amides is 1. The number of benzene rings is 1. The first-order valence-corrected chi connectivity index (χ1v) is 5.37. The summed E-state index contributed by atoms with van der Waals surface area (Å²) in [5.41, 5.74) is 5.95. The van der Waals surface area contributed by atoms with E-state index >= 15 is 0 Å². The molecular formula is C12H10N2O2S. The van der Waals surface area contributed by atoms with Crippen molar-refractivity contribution in [1.29, 1.82) is 0 Å². The molecule has 0 fully saturated rings. The molecule has 1 heterocycles. The van der Waals surface area contributed by atoms with Crippen LogP contribution in [0.2, 0.25) is 0 Å². The average Bonchev–Trinajstić information content (AvgIpc) is 2.90. The molecule has 0 aliphatic carbocycles. The van der Waals surface area contributed by atoms with Gasteiger partial charge in [0, 0.05) is 5.56 Å². The summed E-state index contributed by atoms with van der Waals surface area (Å²) in [6, 6.07) is 12.6. The molecule has 1 aromatic carbocycles. The summed E-state index contributed by atoms with van der Waals surface area (Å²) in [5.74, 6) is -0.137. The largest absolute Gasteiger partial charge is 0.459 e. The molecule has 2 rings (SSSR count). The Hall–Kier alpha value is -2.14. The van der Waals surface area contributed by atoms with Gasteiger partial charge in [-0.15, -0.1) is 0 Å². The van der Waals surface area contributed by atoms with E-state index in [9.17, 15) is 4.79 Å². The fraction of sp³-hybridized carbons (Fsp3) is 0. The second-order valence-electron chi connectivity index (χ2n) is 3.25. The summed E-state index contributed by atoms with van der Waals surface area (Å²) in [6.45, 7) is 0. The van der Waals surface area contributed by atoms with E-state index in [0.29, 0.717) is 4.99 Å². The molecule has 0 saturated heterocycles. The van der Waals surface area contributed by atoms with Crippen LogP contribution in [0.15, 0.2) is 53.1 Å². The highest BCUT2D eigenvalue weighted by Gasteiger charge is 2.08. The number of hydrogen-bond acceptors (Lipinski definition) is 3. The van der Waals surface area contributed by atoms with Gasteiger partial charge in [0.15, 0.2) is 5.76 Å². The molecule has 17 heavy (non-hydrogen) atoms. The Balaban J connectivity index is 1.91. The Morgan fingerprint density at radius 2 is 1.82 bits per heavy atom. The number of furan rings is 1. The molecular weight excluding hydrogens is 236 g/mol. The van der Waals surface area contributed by atoms with E-state index in [1.165, 1.54) is 6.26 Å². The highest BCUT2D eigenvalue weighted by Crippen LogP contribution is 2.00. The molecule has 0 saturated carbocycles. The van der Waals surface area contributed by atoms with Crippen molar-refractivity contribution in [3.63, 3.8) is 0 Å². The first-order chi connectivity index (χ1) is 8.27. The molecule has 0 radical (unpaired) electrons. The molecule has 4 nitrogen and oxygen atoms in total. The molecule has 0 atom stereocenters. The smallest absolute Gasteiger partial charge is 0.305 e. The van der Waals surface area contributed by atoms with Crippen molar-refractivity contribution in [1.82, 2.24) is 10.9 Å². The second kappa shape index (κ2) is 5.27. The van der Waals surface area contributed by atoms with Gasteiger partial charge in [0.2, 0.25) is 0 Å². The maximum atomic E-state index is 11.5. The Morgan fingerprint density at radius 3 is 2.47 bits per heavy atom. The van der Waals surface area contributed by atoms with Crippen LogP contribution < -0.4 is 10.9 Å². The summed E-state index contributed by atoms with van der Waals surface area (Å²) >= 11 is 5.11. The third kappa shape index (κ3) is 2.92. The fourth-order valence-corrected chi connectivity index (χ4v) is 1.43. The maximum Gasteiger partial charge on any atom is 0.305 e. The van der Waals surface area contributed by atoms with E-state index in [4.69, 9.17) is 16.6 Å². The SMILES string of the molecule is O=C(NNC(=S)c1ccccc1)c1ccco1. The van der Waals surface area contributed by atoms with Crippen LogP contribution >= 0.6 is 12.2 Å². The van der Waals surface area contributed by atoms with Crippen molar-refractivity contribution in [2.45, 2.75) is 0 Å². The minimum atomic E-state index is -0.367. The van der Waals surface area contributed by atoms with Crippen LogP contribution in [0.5, 0.6) is 0 Å². The standard InChI is InChI=1S/C12H10N2O2S/c15-11(10-7-4-8-16-10)13-14-12(17)9-5-2-1-3-6-9/h1-8H,(H,13,15)(H,14,17). The van der Waals surface area contributed by atoms with E-state index in [1.807, 2.05) is 30.3 Å². The molecule has 0 spiro atoms. The molecule has 1 amide bonds. The third-order valence-corrected chi connectivity index (χ3v) is 2.41. The number of carbonyl (C=O) groups excluding carboxylic acids is 1. The van der Waals surface area contributed by atoms with Crippen LogP contribution in [0.1, 0.15) is 16.1 Å². The van der Waals surface area contributed by atoms with Gasteiger partial charge in [0.25, 0.3) is 0 Å². The lowest BCUT2D eigenvalue weighted by molar-refractivity contribution is 0.0916. The molecule has 86 valence electrons. The van der Waals surface area contributed by atoms with Gasteiger partial charge in [0.05, 0.1) is 6.26 Å². The summed E-state index contributed by atoms with van der Waals surface area (Å²) < 4.78 is 4.94. The van der Waals surface area contributed by atoms with Crippen molar-refractivity contribution >= 4 is 23.1 Å². The highest BCUT2D eigenvalue weighted by atomic mass is 32.1. The molecule has 5 heteroatoms. The van der Waals surface area contributed by atoms with Crippen molar-refractivity contribution < 1.29 is 9.21 Å². The lowest BCUT2D eigenvalue weighted by atomic mass is 10.2. The minimum absolute atomic E-state index is 0.230. The first-order valence-electron chi connectivity index (χ1n) is 4.96. The van der Waals surface area contributed by atoms with E-state index in [1.54, 1.807) is 12.1 Å². The Labute approximate surface area is 104 Å². The second-order valence-corrected chi connectivity index (χ2v) is 3.66. The summed E-state index contributed by atoms with van der Waals surface area (Å²) in [6.07, 6.45) is 1.43. The van der Waals surface area contributed by atoms with E-state index in [-0.39, 0.29) is 11.7 Å². The van der Waals surface area contributed by atoms with Crippen LogP contribution in [0, 0.1) is 0 Å². The lowest BCUT2D eigenvalue weighted by Gasteiger charge is -2.08. The van der Waals surface area contributed by atoms with Gasteiger partial charge in [-0.1, -0.05) is 42.5 Å². The molecule has 0 bridgehead atoms. The van der Waals surface area contributed by atoms with Crippen LogP contribution in [0.3, 0.4) is 0 Å². The molecule has 0 aliphatic rings. The van der Waals surface area contributed by atoms with Crippen LogP contribution in [-0.4, -0.2) is 10.9 Å². The average molecular weight is 246 g/mol. The van der Waals surface area contributed by atoms with Gasteiger partial charge in [-0.05, 0) is 12.1 Å². The molecule has 2 N–H and O–H groups in total. The zero-order valence-corrected chi connectivity index (χ0v) is 9.66. The van der Waals surface area contributed by atoms with E-state index in [2.05, 4.69) is 10.9 Å². The predicted molar refractivity (Wildman–Crippen MR) is 67.5 cm³/mol. The van der Waals surface area contributed by atoms with E-state index < -0.39 is 0 Å². The third-order valence-electron chi connectivity index (χ3n) is 2.07. The number of thiocarbonyl (C=S) groups is 1. The van der Waals surface area contributed by atoms with Crippen LogP contribution in [0.25, 0.3) is 0 Å². The summed E-state index contributed by atoms with van der Waals surface area (Å²) in [7, 11) is 0. The zero-order valence-electron chi connectivity index (χ0n) is 8.84. The van der Waals surface area contributed by atoms with Gasteiger partial charge in [-0.3, -0.25) is 15.6 Å². The fourth-order valence-electron chi connectivity index (χ4n) is 1.24. The number of rotatable bonds is 2. The predicted octanol–water partition coefficient (Wildman–Crippen LogP) is 1.89. The molecule has 0 aliphatic heterocycles. The van der Waals surface area contributed by atoms with Crippen molar-refractivity contribution in [3.8, 4) is 0 Å². The molecule has 2 aromatic rings. The first kappa shape index (κ1) is 11.3. The van der Waals surface area contributed by atoms with Crippen molar-refractivity contribution in [2.24, 2.45) is 0 Å². The van der Waals surface area contributed by atoms with Gasteiger partial charge in [0.1, 0.15) is 4.99 Å². The Kier molecular flexibility index (Phi) is 3.52. The topological polar surface area (TPSA) is 54.3 Å².